The highest BCUT2D eigenvalue weighted by atomic mass is 19.1. The highest BCUT2D eigenvalue weighted by molar-refractivity contribution is 5.46. The van der Waals surface area contributed by atoms with Crippen molar-refractivity contribution < 1.29 is 13.9 Å². The van der Waals surface area contributed by atoms with Crippen molar-refractivity contribution in [3.8, 4) is 11.5 Å². The van der Waals surface area contributed by atoms with Crippen LogP contribution in [0, 0.1) is 12.7 Å². The summed E-state index contributed by atoms with van der Waals surface area (Å²) in [4.78, 5) is 0. The lowest BCUT2D eigenvalue weighted by atomic mass is 10.2. The molecule has 2 aromatic rings. The van der Waals surface area contributed by atoms with Crippen LogP contribution < -0.4 is 14.8 Å². The maximum atomic E-state index is 13.2. The van der Waals surface area contributed by atoms with Crippen LogP contribution in [0.4, 0.5) is 10.1 Å². The van der Waals surface area contributed by atoms with Crippen LogP contribution in [0.3, 0.4) is 0 Å². The lowest BCUT2D eigenvalue weighted by molar-refractivity contribution is 0.284. The average Bonchev–Trinajstić information content (AvgIpc) is 2.49. The molecule has 4 heteroatoms. The SMILES string of the molecule is CCOc1ccccc1OCCNc1ccc(F)c(C)c1. The van der Waals surface area contributed by atoms with E-state index >= 15 is 0 Å². The molecule has 0 aliphatic rings. The Morgan fingerprint density at radius 3 is 2.43 bits per heavy atom. The fourth-order valence-corrected chi connectivity index (χ4v) is 1.96. The van der Waals surface area contributed by atoms with Crippen LogP contribution in [0.5, 0.6) is 11.5 Å². The van der Waals surface area contributed by atoms with Crippen molar-refractivity contribution in [1.82, 2.24) is 0 Å². The quantitative estimate of drug-likeness (QED) is 0.781. The van der Waals surface area contributed by atoms with Gasteiger partial charge in [0.2, 0.25) is 0 Å². The minimum Gasteiger partial charge on any atom is -0.490 e. The van der Waals surface area contributed by atoms with Gasteiger partial charge in [0.15, 0.2) is 11.5 Å². The Balaban J connectivity index is 1.83. The highest BCUT2D eigenvalue weighted by Gasteiger charge is 2.03. The van der Waals surface area contributed by atoms with E-state index in [1.54, 1.807) is 19.1 Å². The van der Waals surface area contributed by atoms with Gasteiger partial charge in [-0.3, -0.25) is 0 Å². The molecule has 0 aliphatic carbocycles. The van der Waals surface area contributed by atoms with Crippen molar-refractivity contribution in [2.75, 3.05) is 25.1 Å². The summed E-state index contributed by atoms with van der Waals surface area (Å²) in [6.07, 6.45) is 0. The Hall–Kier alpha value is -2.23. The van der Waals surface area contributed by atoms with Crippen LogP contribution in [-0.4, -0.2) is 19.8 Å². The first-order chi connectivity index (χ1) is 10.2. The molecule has 0 aromatic heterocycles. The van der Waals surface area contributed by atoms with Crippen LogP contribution in [-0.2, 0) is 0 Å². The first-order valence-corrected chi connectivity index (χ1v) is 7.05. The summed E-state index contributed by atoms with van der Waals surface area (Å²) in [6, 6.07) is 12.6. The fraction of sp³-hybridized carbons (Fsp3) is 0.294. The van der Waals surface area contributed by atoms with Crippen LogP contribution in [0.2, 0.25) is 0 Å². The van der Waals surface area contributed by atoms with E-state index in [1.165, 1.54) is 6.07 Å². The number of rotatable bonds is 7. The fourth-order valence-electron chi connectivity index (χ4n) is 1.96. The highest BCUT2D eigenvalue weighted by Crippen LogP contribution is 2.26. The van der Waals surface area contributed by atoms with Gasteiger partial charge in [-0.1, -0.05) is 12.1 Å². The maximum absolute atomic E-state index is 13.2. The zero-order chi connectivity index (χ0) is 15.1. The number of anilines is 1. The second-order valence-corrected chi connectivity index (χ2v) is 4.62. The van der Waals surface area contributed by atoms with Gasteiger partial charge in [-0.15, -0.1) is 0 Å². The van der Waals surface area contributed by atoms with Gasteiger partial charge in [0.1, 0.15) is 12.4 Å². The van der Waals surface area contributed by atoms with Gasteiger partial charge in [-0.05, 0) is 49.7 Å². The van der Waals surface area contributed by atoms with E-state index in [9.17, 15) is 4.39 Å². The predicted octanol–water partition coefficient (Wildman–Crippen LogP) is 4.02. The van der Waals surface area contributed by atoms with Crippen molar-refractivity contribution in [1.29, 1.82) is 0 Å². The molecule has 0 unspecified atom stereocenters. The molecule has 0 radical (unpaired) electrons. The third kappa shape index (κ3) is 4.38. The van der Waals surface area contributed by atoms with Gasteiger partial charge in [0, 0.05) is 12.2 Å². The second-order valence-electron chi connectivity index (χ2n) is 4.62. The lowest BCUT2D eigenvalue weighted by Gasteiger charge is -2.12. The van der Waals surface area contributed by atoms with Crippen LogP contribution in [0.25, 0.3) is 0 Å². The summed E-state index contributed by atoms with van der Waals surface area (Å²) >= 11 is 0. The molecule has 0 aliphatic heterocycles. The van der Waals surface area contributed by atoms with Gasteiger partial charge in [-0.2, -0.15) is 0 Å². The minimum absolute atomic E-state index is 0.192. The summed E-state index contributed by atoms with van der Waals surface area (Å²) in [5, 5.41) is 3.20. The van der Waals surface area contributed by atoms with Crippen LogP contribution in [0.15, 0.2) is 42.5 Å². The smallest absolute Gasteiger partial charge is 0.161 e. The Bertz CT molecular complexity index is 587. The topological polar surface area (TPSA) is 30.5 Å². The van der Waals surface area contributed by atoms with Crippen LogP contribution >= 0.6 is 0 Å². The standard InChI is InChI=1S/C17H20FNO2/c1-3-20-16-6-4-5-7-17(16)21-11-10-19-14-8-9-15(18)13(2)12-14/h4-9,12,19H,3,10-11H2,1-2H3. The molecule has 0 spiro atoms. The molecular weight excluding hydrogens is 269 g/mol. The van der Waals surface area contributed by atoms with Crippen molar-refractivity contribution >= 4 is 5.69 Å². The molecule has 1 N–H and O–H groups in total. The average molecular weight is 289 g/mol. The molecule has 0 bridgehead atoms. The van der Waals surface area contributed by atoms with Gasteiger partial charge >= 0.3 is 0 Å². The summed E-state index contributed by atoms with van der Waals surface area (Å²) < 4.78 is 24.4. The second kappa shape index (κ2) is 7.53. The van der Waals surface area contributed by atoms with Crippen molar-refractivity contribution in [2.24, 2.45) is 0 Å². The predicted molar refractivity (Wildman–Crippen MR) is 82.7 cm³/mol. The minimum atomic E-state index is -0.192. The number of hydrogen-bond acceptors (Lipinski definition) is 3. The zero-order valence-corrected chi connectivity index (χ0v) is 12.4. The third-order valence-corrected chi connectivity index (χ3v) is 3.00. The van der Waals surface area contributed by atoms with Crippen molar-refractivity contribution in [3.63, 3.8) is 0 Å². The molecule has 2 rings (SSSR count). The van der Waals surface area contributed by atoms with E-state index in [4.69, 9.17) is 9.47 Å². The number of benzene rings is 2. The Morgan fingerprint density at radius 1 is 1.05 bits per heavy atom. The lowest BCUT2D eigenvalue weighted by Crippen LogP contribution is -2.12. The van der Waals surface area contributed by atoms with E-state index in [0.717, 1.165) is 17.2 Å². The number of ether oxygens (including phenoxy) is 2. The number of aryl methyl sites for hydroxylation is 1. The molecule has 0 saturated carbocycles. The first kappa shape index (κ1) is 15.2. The Morgan fingerprint density at radius 2 is 1.76 bits per heavy atom. The molecule has 112 valence electrons. The molecule has 21 heavy (non-hydrogen) atoms. The van der Waals surface area contributed by atoms with E-state index in [0.29, 0.717) is 25.3 Å². The summed E-state index contributed by atoms with van der Waals surface area (Å²) in [5.74, 6) is 1.29. The van der Waals surface area contributed by atoms with Gasteiger partial charge < -0.3 is 14.8 Å². The Kier molecular flexibility index (Phi) is 5.43. The molecule has 0 saturated heterocycles. The Labute approximate surface area is 124 Å². The van der Waals surface area contributed by atoms with Crippen molar-refractivity contribution in [3.05, 3.63) is 53.8 Å². The molecule has 3 nitrogen and oxygen atoms in total. The third-order valence-electron chi connectivity index (χ3n) is 3.00. The van der Waals surface area contributed by atoms with E-state index in [-0.39, 0.29) is 5.82 Å². The molecule has 2 aromatic carbocycles. The molecular formula is C17H20FNO2. The normalized spacial score (nSPS) is 10.2. The number of para-hydroxylation sites is 2. The van der Waals surface area contributed by atoms with Crippen LogP contribution in [0.1, 0.15) is 12.5 Å². The number of halogens is 1. The molecule has 0 atom stereocenters. The van der Waals surface area contributed by atoms with Gasteiger partial charge in [-0.25, -0.2) is 4.39 Å². The summed E-state index contributed by atoms with van der Waals surface area (Å²) in [5.41, 5.74) is 1.51. The molecule has 0 fully saturated rings. The zero-order valence-electron chi connectivity index (χ0n) is 12.4. The van der Waals surface area contributed by atoms with Crippen molar-refractivity contribution in [2.45, 2.75) is 13.8 Å². The summed E-state index contributed by atoms with van der Waals surface area (Å²) in [6.45, 7) is 5.42. The largest absolute Gasteiger partial charge is 0.490 e. The monoisotopic (exact) mass is 289 g/mol. The van der Waals surface area contributed by atoms with E-state index < -0.39 is 0 Å². The molecule has 0 heterocycles. The van der Waals surface area contributed by atoms with E-state index in [2.05, 4.69) is 5.32 Å². The summed E-state index contributed by atoms with van der Waals surface area (Å²) in [7, 11) is 0. The van der Waals surface area contributed by atoms with Gasteiger partial charge in [0.05, 0.1) is 6.61 Å². The first-order valence-electron chi connectivity index (χ1n) is 7.05. The maximum Gasteiger partial charge on any atom is 0.161 e. The molecule has 0 amide bonds. The number of nitrogens with one attached hydrogen (secondary N) is 1. The van der Waals surface area contributed by atoms with E-state index in [1.807, 2.05) is 31.2 Å². The number of hydrogen-bond donors (Lipinski definition) is 1. The van der Waals surface area contributed by atoms with Gasteiger partial charge in [0.25, 0.3) is 0 Å².